The van der Waals surface area contributed by atoms with Crippen LogP contribution in [0.25, 0.3) is 0 Å². The summed E-state index contributed by atoms with van der Waals surface area (Å²) in [6.45, 7) is 21.0. The number of allylic oxidation sites excluding steroid dienone is 2. The summed E-state index contributed by atoms with van der Waals surface area (Å²) in [5.74, 6) is 9.25. The van der Waals surface area contributed by atoms with Gasteiger partial charge in [0.05, 0.1) is 0 Å². The third-order valence-corrected chi connectivity index (χ3v) is 12.5. The summed E-state index contributed by atoms with van der Waals surface area (Å²) in [6.07, 6.45) is 21.0. The first-order valence-corrected chi connectivity index (χ1v) is 15.3. The predicted molar refractivity (Wildman–Crippen MR) is 145 cm³/mol. The quantitative estimate of drug-likeness (QED) is 0.362. The molecule has 33 heavy (non-hydrogen) atoms. The van der Waals surface area contributed by atoms with E-state index in [1.807, 2.05) is 0 Å². The van der Waals surface area contributed by atoms with Crippen molar-refractivity contribution in [1.29, 1.82) is 0 Å². The monoisotopic (exact) mass is 454 g/mol. The number of hydrogen-bond donors (Lipinski definition) is 0. The summed E-state index contributed by atoms with van der Waals surface area (Å²) in [5, 5.41) is 0. The third kappa shape index (κ3) is 4.53. The molecule has 0 aromatic heterocycles. The van der Waals surface area contributed by atoms with Gasteiger partial charge in [-0.1, -0.05) is 99.6 Å². The maximum Gasteiger partial charge on any atom is -0.0258 e. The van der Waals surface area contributed by atoms with E-state index in [1.165, 1.54) is 70.6 Å². The first-order valence-electron chi connectivity index (χ1n) is 15.3. The van der Waals surface area contributed by atoms with Gasteiger partial charge in [0, 0.05) is 0 Å². The van der Waals surface area contributed by atoms with Crippen LogP contribution in [0.4, 0.5) is 0 Å². The molecule has 0 radical (unpaired) electrons. The molecule has 4 aliphatic carbocycles. The summed E-state index contributed by atoms with van der Waals surface area (Å²) in [6, 6.07) is 0. The Morgan fingerprint density at radius 1 is 0.909 bits per heavy atom. The Balaban J connectivity index is 1.72. The van der Waals surface area contributed by atoms with Gasteiger partial charge in [0.1, 0.15) is 0 Å². The highest BCUT2D eigenvalue weighted by Crippen LogP contribution is 2.73. The van der Waals surface area contributed by atoms with Crippen LogP contribution in [0.3, 0.4) is 0 Å². The van der Waals surface area contributed by atoms with Crippen LogP contribution in [0.5, 0.6) is 0 Å². The molecule has 4 rings (SSSR count). The fourth-order valence-corrected chi connectivity index (χ4v) is 10.7. The molecule has 0 spiro atoms. The Morgan fingerprint density at radius 3 is 2.33 bits per heavy atom. The minimum Gasteiger partial charge on any atom is -0.0885 e. The van der Waals surface area contributed by atoms with Crippen molar-refractivity contribution in [3.05, 3.63) is 12.2 Å². The molecular weight excluding hydrogens is 396 g/mol. The standard InChI is InChI=1S/C33H58/c1-9-14-27(22(2)3)19-26-17-11-10-12-18-29-30-23(4)15-13-16-24(5)31-28(30)21-33(31,8)25(6)32(29,7)20-26/h10-11,22-31H,9,12-21H2,1-8H3. The summed E-state index contributed by atoms with van der Waals surface area (Å²) in [5.41, 5.74) is 1.08. The summed E-state index contributed by atoms with van der Waals surface area (Å²) < 4.78 is 0. The lowest BCUT2D eigenvalue weighted by Crippen LogP contribution is -2.55. The average Bonchev–Trinajstić information content (AvgIpc) is 2.80. The van der Waals surface area contributed by atoms with E-state index in [2.05, 4.69) is 67.5 Å². The van der Waals surface area contributed by atoms with E-state index in [1.54, 1.807) is 0 Å². The molecule has 0 aromatic rings. The second-order valence-corrected chi connectivity index (χ2v) is 14.6. The Morgan fingerprint density at radius 2 is 1.64 bits per heavy atom. The van der Waals surface area contributed by atoms with Gasteiger partial charge in [-0.15, -0.1) is 0 Å². The van der Waals surface area contributed by atoms with Gasteiger partial charge in [-0.05, 0) is 109 Å². The topological polar surface area (TPSA) is 0 Å². The van der Waals surface area contributed by atoms with Gasteiger partial charge in [-0.2, -0.15) is 0 Å². The normalized spacial score (nSPS) is 48.9. The van der Waals surface area contributed by atoms with Crippen LogP contribution >= 0.6 is 0 Å². The second kappa shape index (κ2) is 10.0. The summed E-state index contributed by atoms with van der Waals surface area (Å²) in [4.78, 5) is 0. The smallest absolute Gasteiger partial charge is 0.0258 e. The fourth-order valence-electron chi connectivity index (χ4n) is 10.7. The Hall–Kier alpha value is -0.260. The molecule has 2 bridgehead atoms. The van der Waals surface area contributed by atoms with E-state index in [4.69, 9.17) is 0 Å². The highest BCUT2D eigenvalue weighted by atomic mass is 14.7. The van der Waals surface area contributed by atoms with E-state index in [9.17, 15) is 0 Å². The van der Waals surface area contributed by atoms with E-state index in [-0.39, 0.29) is 0 Å². The van der Waals surface area contributed by atoms with Gasteiger partial charge in [0.15, 0.2) is 0 Å². The van der Waals surface area contributed by atoms with E-state index >= 15 is 0 Å². The van der Waals surface area contributed by atoms with Crippen molar-refractivity contribution in [1.82, 2.24) is 0 Å². The Labute approximate surface area is 208 Å². The van der Waals surface area contributed by atoms with Crippen LogP contribution in [0.2, 0.25) is 0 Å². The fraction of sp³-hybridized carbons (Fsp3) is 0.939. The lowest BCUT2D eigenvalue weighted by Gasteiger charge is -2.61. The van der Waals surface area contributed by atoms with Crippen molar-refractivity contribution in [3.8, 4) is 0 Å². The van der Waals surface area contributed by atoms with Crippen LogP contribution < -0.4 is 0 Å². The molecule has 4 aliphatic rings. The average molecular weight is 455 g/mol. The van der Waals surface area contributed by atoms with Crippen molar-refractivity contribution < 1.29 is 0 Å². The summed E-state index contributed by atoms with van der Waals surface area (Å²) >= 11 is 0. The first-order chi connectivity index (χ1) is 15.6. The molecule has 11 atom stereocenters. The van der Waals surface area contributed by atoms with E-state index in [0.29, 0.717) is 10.8 Å². The zero-order valence-corrected chi connectivity index (χ0v) is 23.7. The second-order valence-electron chi connectivity index (χ2n) is 14.6. The molecule has 0 saturated heterocycles. The minimum absolute atomic E-state index is 0.506. The molecule has 0 nitrogen and oxygen atoms in total. The highest BCUT2D eigenvalue weighted by Gasteiger charge is 2.67. The van der Waals surface area contributed by atoms with Gasteiger partial charge < -0.3 is 0 Å². The van der Waals surface area contributed by atoms with Crippen LogP contribution in [0.15, 0.2) is 12.2 Å². The predicted octanol–water partition coefficient (Wildman–Crippen LogP) is 10.2. The van der Waals surface area contributed by atoms with Crippen LogP contribution in [0, 0.1) is 70.0 Å². The first kappa shape index (κ1) is 25.8. The molecule has 190 valence electrons. The zero-order chi connectivity index (χ0) is 24.0. The molecule has 0 heterocycles. The third-order valence-electron chi connectivity index (χ3n) is 12.5. The number of hydrogen-bond acceptors (Lipinski definition) is 0. The van der Waals surface area contributed by atoms with Gasteiger partial charge in [0.2, 0.25) is 0 Å². The largest absolute Gasteiger partial charge is 0.0885 e. The van der Waals surface area contributed by atoms with E-state index < -0.39 is 0 Å². The number of rotatable bonds is 5. The van der Waals surface area contributed by atoms with Crippen LogP contribution in [-0.2, 0) is 0 Å². The van der Waals surface area contributed by atoms with Gasteiger partial charge in [-0.3, -0.25) is 0 Å². The van der Waals surface area contributed by atoms with Crippen molar-refractivity contribution >= 4 is 0 Å². The van der Waals surface area contributed by atoms with Crippen LogP contribution in [0.1, 0.15) is 126 Å². The Kier molecular flexibility index (Phi) is 7.83. The molecular formula is C33H58. The molecule has 0 amide bonds. The molecule has 0 aliphatic heterocycles. The highest BCUT2D eigenvalue weighted by molar-refractivity contribution is 5.15. The molecule has 3 fully saturated rings. The maximum absolute atomic E-state index is 2.82. The molecule has 0 heteroatoms. The van der Waals surface area contributed by atoms with Crippen molar-refractivity contribution in [3.63, 3.8) is 0 Å². The minimum atomic E-state index is 0.506. The van der Waals surface area contributed by atoms with Crippen molar-refractivity contribution in [2.45, 2.75) is 126 Å². The van der Waals surface area contributed by atoms with Crippen LogP contribution in [-0.4, -0.2) is 0 Å². The van der Waals surface area contributed by atoms with Crippen molar-refractivity contribution in [2.75, 3.05) is 0 Å². The summed E-state index contributed by atoms with van der Waals surface area (Å²) in [7, 11) is 0. The molecule has 11 unspecified atom stereocenters. The molecule has 0 N–H and O–H groups in total. The number of fused-ring (bicyclic) bond motifs is 4. The lowest BCUT2D eigenvalue weighted by atomic mass is 9.43. The van der Waals surface area contributed by atoms with Gasteiger partial charge in [0.25, 0.3) is 0 Å². The Bertz CT molecular complexity index is 674. The SMILES string of the molecule is CCCC(CC1CC=CCCC2C3C(C)CCCC(C)C4C3CC4(C)C(C)C2(C)C1)C(C)C. The molecule has 0 aromatic carbocycles. The van der Waals surface area contributed by atoms with Crippen molar-refractivity contribution in [2.24, 2.45) is 70.0 Å². The van der Waals surface area contributed by atoms with Gasteiger partial charge in [-0.25, -0.2) is 0 Å². The van der Waals surface area contributed by atoms with Gasteiger partial charge >= 0.3 is 0 Å². The molecule has 3 saturated carbocycles. The van der Waals surface area contributed by atoms with E-state index in [0.717, 1.165) is 59.2 Å². The lowest BCUT2D eigenvalue weighted by molar-refractivity contribution is -0.132. The maximum atomic E-state index is 2.82. The zero-order valence-electron chi connectivity index (χ0n) is 23.7.